The van der Waals surface area contributed by atoms with Crippen molar-refractivity contribution < 1.29 is 9.90 Å². The van der Waals surface area contributed by atoms with Gasteiger partial charge in [0.05, 0.1) is 16.8 Å². The average Bonchev–Trinajstić information content (AvgIpc) is 2.82. The van der Waals surface area contributed by atoms with E-state index in [2.05, 4.69) is 26.2 Å². The summed E-state index contributed by atoms with van der Waals surface area (Å²) in [6.45, 7) is 0. The highest BCUT2D eigenvalue weighted by molar-refractivity contribution is 9.10. The molecule has 0 saturated heterocycles. The number of aromatic carboxylic acids is 1. The number of halogens is 1. The van der Waals surface area contributed by atoms with Crippen LogP contribution in [-0.2, 0) is 0 Å². The Hall–Kier alpha value is -2.21. The van der Waals surface area contributed by atoms with Crippen molar-refractivity contribution in [2.75, 3.05) is 0 Å². The van der Waals surface area contributed by atoms with Gasteiger partial charge < -0.3 is 5.11 Å². The maximum Gasteiger partial charge on any atom is 0.337 e. The largest absolute Gasteiger partial charge is 0.478 e. The van der Waals surface area contributed by atoms with E-state index < -0.39 is 5.97 Å². The molecule has 0 spiro atoms. The van der Waals surface area contributed by atoms with Crippen LogP contribution >= 0.6 is 15.9 Å². The van der Waals surface area contributed by atoms with Crippen molar-refractivity contribution in [3.05, 3.63) is 52.5 Å². The zero-order valence-electron chi connectivity index (χ0n) is 9.62. The van der Waals surface area contributed by atoms with E-state index in [0.29, 0.717) is 10.2 Å². The Balaban J connectivity index is 2.30. The number of fused-ring (bicyclic) bond motifs is 1. The third-order valence-electron chi connectivity index (χ3n) is 2.77. The molecule has 0 aliphatic carbocycles. The summed E-state index contributed by atoms with van der Waals surface area (Å²) in [5.41, 5.74) is 2.16. The Morgan fingerprint density at radius 3 is 2.79 bits per heavy atom. The molecule has 1 aromatic heterocycles. The summed E-state index contributed by atoms with van der Waals surface area (Å²) in [4.78, 5) is 11.3. The SMILES string of the molecule is O=C(O)c1cc(Br)ccc1-n1nnc2ccccc21. The lowest BCUT2D eigenvalue weighted by Gasteiger charge is -2.07. The van der Waals surface area contributed by atoms with E-state index in [1.54, 1.807) is 18.2 Å². The fourth-order valence-corrected chi connectivity index (χ4v) is 2.27. The van der Waals surface area contributed by atoms with Crippen LogP contribution in [0.1, 0.15) is 10.4 Å². The standard InChI is InChI=1S/C13H8BrN3O2/c14-8-5-6-11(9(7-8)13(18)19)17-12-4-2-1-3-10(12)15-16-17/h1-7H,(H,18,19). The summed E-state index contributed by atoms with van der Waals surface area (Å²) < 4.78 is 2.24. The molecule has 0 amide bonds. The van der Waals surface area contributed by atoms with Gasteiger partial charge in [-0.3, -0.25) is 0 Å². The number of aromatic nitrogens is 3. The first-order valence-electron chi connectivity index (χ1n) is 5.50. The lowest BCUT2D eigenvalue weighted by Crippen LogP contribution is -2.06. The van der Waals surface area contributed by atoms with Crippen LogP contribution in [0.15, 0.2) is 46.9 Å². The van der Waals surface area contributed by atoms with Crippen LogP contribution in [0.4, 0.5) is 0 Å². The maximum atomic E-state index is 11.3. The van der Waals surface area contributed by atoms with Crippen molar-refractivity contribution in [1.29, 1.82) is 0 Å². The molecule has 0 bridgehead atoms. The van der Waals surface area contributed by atoms with E-state index in [9.17, 15) is 9.90 Å². The Morgan fingerprint density at radius 2 is 2.00 bits per heavy atom. The molecule has 3 aromatic rings. The number of hydrogen-bond donors (Lipinski definition) is 1. The molecule has 19 heavy (non-hydrogen) atoms. The summed E-state index contributed by atoms with van der Waals surface area (Å²) >= 11 is 3.27. The molecule has 0 fully saturated rings. The summed E-state index contributed by atoms with van der Waals surface area (Å²) in [6.07, 6.45) is 0. The minimum atomic E-state index is -1.00. The summed E-state index contributed by atoms with van der Waals surface area (Å²) in [6, 6.07) is 12.4. The Morgan fingerprint density at radius 1 is 1.21 bits per heavy atom. The van der Waals surface area contributed by atoms with Gasteiger partial charge in [-0.1, -0.05) is 33.3 Å². The van der Waals surface area contributed by atoms with Gasteiger partial charge in [-0.15, -0.1) is 5.10 Å². The topological polar surface area (TPSA) is 68.0 Å². The average molecular weight is 318 g/mol. The lowest BCUT2D eigenvalue weighted by molar-refractivity contribution is 0.0696. The van der Waals surface area contributed by atoms with E-state index in [-0.39, 0.29) is 5.56 Å². The zero-order valence-corrected chi connectivity index (χ0v) is 11.2. The molecular weight excluding hydrogens is 310 g/mol. The number of hydrogen-bond acceptors (Lipinski definition) is 3. The molecule has 5 nitrogen and oxygen atoms in total. The second kappa shape index (κ2) is 4.47. The molecule has 6 heteroatoms. The molecule has 0 atom stereocenters. The van der Waals surface area contributed by atoms with E-state index >= 15 is 0 Å². The first-order chi connectivity index (χ1) is 9.16. The van der Waals surface area contributed by atoms with Crippen LogP contribution < -0.4 is 0 Å². The minimum Gasteiger partial charge on any atom is -0.478 e. The van der Waals surface area contributed by atoms with Gasteiger partial charge in [0.2, 0.25) is 0 Å². The fraction of sp³-hybridized carbons (Fsp3) is 0. The number of nitrogens with zero attached hydrogens (tertiary/aromatic N) is 3. The molecule has 0 aliphatic rings. The van der Waals surface area contributed by atoms with E-state index in [4.69, 9.17) is 0 Å². The second-order valence-electron chi connectivity index (χ2n) is 3.96. The summed E-state index contributed by atoms with van der Waals surface area (Å²) in [5, 5.41) is 17.3. The number of carboxylic acid groups (broad SMARTS) is 1. The third-order valence-corrected chi connectivity index (χ3v) is 3.26. The molecule has 1 heterocycles. The van der Waals surface area contributed by atoms with Gasteiger partial charge in [0, 0.05) is 4.47 Å². The Bertz CT molecular complexity index is 782. The van der Waals surface area contributed by atoms with Gasteiger partial charge in [0.15, 0.2) is 0 Å². The second-order valence-corrected chi connectivity index (χ2v) is 4.87. The number of para-hydroxylation sites is 1. The van der Waals surface area contributed by atoms with E-state index in [0.717, 1.165) is 11.0 Å². The number of rotatable bonds is 2. The van der Waals surface area contributed by atoms with Gasteiger partial charge >= 0.3 is 5.97 Å². The van der Waals surface area contributed by atoms with Gasteiger partial charge in [-0.25, -0.2) is 9.48 Å². The lowest BCUT2D eigenvalue weighted by atomic mass is 10.2. The van der Waals surface area contributed by atoms with Gasteiger partial charge in [-0.05, 0) is 30.3 Å². The highest BCUT2D eigenvalue weighted by atomic mass is 79.9. The van der Waals surface area contributed by atoms with Crippen LogP contribution in [0.3, 0.4) is 0 Å². The first kappa shape index (κ1) is 11.9. The van der Waals surface area contributed by atoms with Crippen molar-refractivity contribution in [2.24, 2.45) is 0 Å². The fourth-order valence-electron chi connectivity index (χ4n) is 1.91. The van der Waals surface area contributed by atoms with Crippen LogP contribution in [0, 0.1) is 0 Å². The van der Waals surface area contributed by atoms with Crippen LogP contribution in [0.5, 0.6) is 0 Å². The van der Waals surface area contributed by atoms with Crippen LogP contribution in [0.2, 0.25) is 0 Å². The number of carbonyl (C=O) groups is 1. The molecular formula is C13H8BrN3O2. The molecule has 0 radical (unpaired) electrons. The van der Waals surface area contributed by atoms with Gasteiger partial charge in [0.25, 0.3) is 0 Å². The van der Waals surface area contributed by atoms with Crippen molar-refractivity contribution in [1.82, 2.24) is 15.0 Å². The van der Waals surface area contributed by atoms with Crippen LogP contribution in [-0.4, -0.2) is 26.1 Å². The monoisotopic (exact) mass is 317 g/mol. The predicted molar refractivity (Wildman–Crippen MR) is 73.5 cm³/mol. The normalized spacial score (nSPS) is 10.8. The van der Waals surface area contributed by atoms with Crippen molar-refractivity contribution in [3.63, 3.8) is 0 Å². The Labute approximate surface area is 116 Å². The number of carboxylic acids is 1. The van der Waals surface area contributed by atoms with Crippen molar-refractivity contribution in [3.8, 4) is 5.69 Å². The predicted octanol–water partition coefficient (Wildman–Crippen LogP) is 2.88. The molecule has 1 N–H and O–H groups in total. The Kier molecular flexibility index (Phi) is 2.79. The highest BCUT2D eigenvalue weighted by Gasteiger charge is 2.15. The molecule has 94 valence electrons. The van der Waals surface area contributed by atoms with Crippen LogP contribution in [0.25, 0.3) is 16.7 Å². The molecule has 3 rings (SSSR count). The smallest absolute Gasteiger partial charge is 0.337 e. The molecule has 0 aliphatic heterocycles. The molecule has 2 aromatic carbocycles. The van der Waals surface area contributed by atoms with E-state index in [1.165, 1.54) is 4.68 Å². The quantitative estimate of drug-likeness (QED) is 0.789. The number of benzene rings is 2. The first-order valence-corrected chi connectivity index (χ1v) is 6.30. The minimum absolute atomic E-state index is 0.171. The highest BCUT2D eigenvalue weighted by Crippen LogP contribution is 2.22. The molecule has 0 saturated carbocycles. The van der Waals surface area contributed by atoms with Gasteiger partial charge in [0.1, 0.15) is 5.52 Å². The summed E-state index contributed by atoms with van der Waals surface area (Å²) in [5.74, 6) is -1.00. The van der Waals surface area contributed by atoms with Crippen molar-refractivity contribution >= 4 is 32.9 Å². The van der Waals surface area contributed by atoms with Crippen molar-refractivity contribution in [2.45, 2.75) is 0 Å². The summed E-state index contributed by atoms with van der Waals surface area (Å²) in [7, 11) is 0. The molecule has 0 unspecified atom stereocenters. The van der Waals surface area contributed by atoms with Gasteiger partial charge in [-0.2, -0.15) is 0 Å². The third kappa shape index (κ3) is 2.00. The van der Waals surface area contributed by atoms with E-state index in [1.807, 2.05) is 24.3 Å². The zero-order chi connectivity index (χ0) is 13.4. The maximum absolute atomic E-state index is 11.3.